The Balaban J connectivity index is 4.20. The number of ketones is 1. The largest absolute Gasteiger partial charge is 0.468 e. The molecule has 60 valence electrons. The molecule has 0 bridgehead atoms. The molecule has 0 fully saturated rings. The van der Waals surface area contributed by atoms with Gasteiger partial charge in [-0.05, 0) is 5.92 Å². The fraction of sp³-hybridized carbons (Fsp3) is 0.400. The van der Waals surface area contributed by atoms with Crippen LogP contribution in [0.1, 0.15) is 0 Å². The van der Waals surface area contributed by atoms with Crippen molar-refractivity contribution in [2.75, 3.05) is 6.61 Å². The van der Waals surface area contributed by atoms with Crippen LogP contribution in [0.25, 0.3) is 0 Å². The molecule has 0 saturated carbocycles. The van der Waals surface area contributed by atoms with Gasteiger partial charge in [0.05, 0.1) is 6.61 Å². The van der Waals surface area contributed by atoms with Crippen LogP contribution in [0.5, 0.6) is 0 Å². The lowest BCUT2D eigenvalue weighted by atomic mass is 10.2. The fourth-order valence-electron chi connectivity index (χ4n) is 0.361. The molecular weight excluding hydrogens is 171 g/mol. The second-order valence-electron chi connectivity index (χ2n) is 1.51. The van der Waals surface area contributed by atoms with Crippen LogP contribution in [0.15, 0.2) is 0 Å². The molecule has 1 atom stereocenters. The average molecular weight is 176 g/mol. The third-order valence-electron chi connectivity index (χ3n) is 0.814. The standard InChI is InChI=1S/C5H5O5P/c1-2-4(7)5(3-6)10-11(8)9/h1,5-6H,3H2. The molecule has 11 heavy (non-hydrogen) atoms. The summed E-state index contributed by atoms with van der Waals surface area (Å²) in [6, 6.07) is 0. The Labute approximate surface area is 63.3 Å². The molecule has 0 rings (SSSR count). The van der Waals surface area contributed by atoms with Gasteiger partial charge in [0.2, 0.25) is 5.78 Å². The highest BCUT2D eigenvalue weighted by Crippen LogP contribution is 2.09. The molecule has 0 spiro atoms. The lowest BCUT2D eigenvalue weighted by molar-refractivity contribution is -0.121. The lowest BCUT2D eigenvalue weighted by Gasteiger charge is -2.02. The number of rotatable bonds is 4. The first-order chi connectivity index (χ1) is 5.11. The van der Waals surface area contributed by atoms with Crippen LogP contribution in [0, 0.1) is 12.3 Å². The maximum atomic E-state index is 10.5. The zero-order valence-electron chi connectivity index (χ0n) is 5.39. The van der Waals surface area contributed by atoms with Gasteiger partial charge in [0, 0.05) is 0 Å². The van der Waals surface area contributed by atoms with E-state index in [9.17, 15) is 13.9 Å². The Morgan fingerprint density at radius 1 is 1.73 bits per heavy atom. The van der Waals surface area contributed by atoms with E-state index in [1.54, 1.807) is 5.92 Å². The molecule has 1 unspecified atom stereocenters. The van der Waals surface area contributed by atoms with Crippen LogP contribution >= 0.6 is 7.91 Å². The van der Waals surface area contributed by atoms with Crippen LogP contribution in [-0.4, -0.2) is 23.6 Å². The van der Waals surface area contributed by atoms with Crippen molar-refractivity contribution in [3.63, 3.8) is 0 Å². The van der Waals surface area contributed by atoms with E-state index < -0.39 is 26.4 Å². The van der Waals surface area contributed by atoms with Crippen molar-refractivity contribution < 1.29 is 23.6 Å². The maximum Gasteiger partial charge on any atom is 0.468 e. The minimum absolute atomic E-state index is 0.744. The maximum absolute atomic E-state index is 10.5. The number of terminal acetylenes is 1. The molecule has 6 heteroatoms. The van der Waals surface area contributed by atoms with Gasteiger partial charge in [-0.15, -0.1) is 6.42 Å². The molecule has 0 aliphatic carbocycles. The zero-order chi connectivity index (χ0) is 8.85. The predicted molar refractivity (Wildman–Crippen MR) is 34.1 cm³/mol. The molecule has 0 aromatic rings. The van der Waals surface area contributed by atoms with Crippen LogP contribution in [0.2, 0.25) is 0 Å². The van der Waals surface area contributed by atoms with E-state index in [0.717, 1.165) is 0 Å². The SMILES string of the molecule is C#CC(=O)C(CO)OP(=O)=O. The van der Waals surface area contributed by atoms with Crippen LogP contribution in [0.4, 0.5) is 0 Å². The topological polar surface area (TPSA) is 80.7 Å². The van der Waals surface area contributed by atoms with Crippen molar-refractivity contribution in [2.24, 2.45) is 0 Å². The minimum Gasteiger partial charge on any atom is -0.393 e. The number of carbonyl (C=O) groups is 1. The van der Waals surface area contributed by atoms with E-state index in [2.05, 4.69) is 10.9 Å². The van der Waals surface area contributed by atoms with Gasteiger partial charge in [-0.3, -0.25) is 9.32 Å². The average Bonchev–Trinajstić information content (AvgIpc) is 1.98. The van der Waals surface area contributed by atoms with Crippen molar-refractivity contribution in [1.29, 1.82) is 0 Å². The zero-order valence-corrected chi connectivity index (χ0v) is 6.28. The highest BCUT2D eigenvalue weighted by Gasteiger charge is 2.17. The number of hydrogen-bond acceptors (Lipinski definition) is 5. The van der Waals surface area contributed by atoms with Gasteiger partial charge in [-0.2, -0.15) is 0 Å². The van der Waals surface area contributed by atoms with Gasteiger partial charge < -0.3 is 5.11 Å². The number of aliphatic hydroxyl groups excluding tert-OH is 1. The molecule has 0 aromatic heterocycles. The number of aliphatic hydroxyl groups is 1. The third-order valence-corrected chi connectivity index (χ3v) is 1.24. The monoisotopic (exact) mass is 176 g/mol. The molecule has 1 N–H and O–H groups in total. The first kappa shape index (κ1) is 10.0. The Hall–Kier alpha value is -0.950. The molecule has 0 amide bonds. The normalized spacial score (nSPS) is 11.6. The number of Topliss-reactive ketones (excluding diaryl/α,β-unsaturated/α-hetero) is 1. The quantitative estimate of drug-likeness (QED) is 0.360. The Bertz CT molecular complexity index is 240. The lowest BCUT2D eigenvalue weighted by Crippen LogP contribution is -2.23. The molecule has 0 heterocycles. The summed E-state index contributed by atoms with van der Waals surface area (Å²) in [6.07, 6.45) is 3.18. The molecule has 0 aliphatic heterocycles. The van der Waals surface area contributed by atoms with Crippen LogP contribution in [0.3, 0.4) is 0 Å². The predicted octanol–water partition coefficient (Wildman–Crippen LogP) is -0.346. The van der Waals surface area contributed by atoms with Gasteiger partial charge in [-0.25, -0.2) is 9.13 Å². The molecule has 0 saturated heterocycles. The molecule has 0 radical (unpaired) electrons. The van der Waals surface area contributed by atoms with E-state index in [4.69, 9.17) is 5.11 Å². The van der Waals surface area contributed by atoms with E-state index in [1.807, 2.05) is 0 Å². The minimum atomic E-state index is -3.16. The van der Waals surface area contributed by atoms with E-state index >= 15 is 0 Å². The first-order valence-corrected chi connectivity index (χ1v) is 3.63. The second-order valence-corrected chi connectivity index (χ2v) is 2.17. The molecule has 0 aliphatic rings. The highest BCUT2D eigenvalue weighted by atomic mass is 31.1. The summed E-state index contributed by atoms with van der Waals surface area (Å²) in [7, 11) is -3.16. The van der Waals surface area contributed by atoms with E-state index in [1.165, 1.54) is 0 Å². The van der Waals surface area contributed by atoms with Crippen molar-refractivity contribution in [1.82, 2.24) is 0 Å². The van der Waals surface area contributed by atoms with Gasteiger partial charge in [0.1, 0.15) is 0 Å². The highest BCUT2D eigenvalue weighted by molar-refractivity contribution is 7.24. The van der Waals surface area contributed by atoms with E-state index in [-0.39, 0.29) is 0 Å². The Morgan fingerprint density at radius 3 is 2.55 bits per heavy atom. The van der Waals surface area contributed by atoms with Gasteiger partial charge in [0.25, 0.3) is 0 Å². The van der Waals surface area contributed by atoms with Crippen LogP contribution in [-0.2, 0) is 18.4 Å². The summed E-state index contributed by atoms with van der Waals surface area (Å²) in [5.41, 5.74) is 0. The Kier molecular flexibility index (Phi) is 4.39. The molecule has 5 nitrogen and oxygen atoms in total. The van der Waals surface area contributed by atoms with Gasteiger partial charge >= 0.3 is 7.91 Å². The van der Waals surface area contributed by atoms with Crippen molar-refractivity contribution in [3.8, 4) is 12.3 Å². The molecular formula is C5H5O5P. The van der Waals surface area contributed by atoms with E-state index in [0.29, 0.717) is 0 Å². The van der Waals surface area contributed by atoms with Crippen LogP contribution < -0.4 is 0 Å². The summed E-state index contributed by atoms with van der Waals surface area (Å²) in [5, 5.41) is 8.37. The summed E-state index contributed by atoms with van der Waals surface area (Å²) < 4.78 is 23.7. The number of carbonyl (C=O) groups excluding carboxylic acids is 1. The van der Waals surface area contributed by atoms with Gasteiger partial charge in [-0.1, -0.05) is 0 Å². The summed E-state index contributed by atoms with van der Waals surface area (Å²) in [4.78, 5) is 10.5. The second kappa shape index (κ2) is 4.80. The molecule has 0 aromatic carbocycles. The smallest absolute Gasteiger partial charge is 0.393 e. The van der Waals surface area contributed by atoms with Crippen molar-refractivity contribution in [2.45, 2.75) is 6.10 Å². The number of hydrogen-bond donors (Lipinski definition) is 1. The summed E-state index contributed by atoms with van der Waals surface area (Å²) in [6.45, 7) is -0.744. The fourth-order valence-corrected chi connectivity index (χ4v) is 0.731. The van der Waals surface area contributed by atoms with Gasteiger partial charge in [0.15, 0.2) is 6.10 Å². The third kappa shape index (κ3) is 3.68. The Morgan fingerprint density at radius 2 is 2.27 bits per heavy atom. The summed E-state index contributed by atoms with van der Waals surface area (Å²) in [5.74, 6) is 0.733. The summed E-state index contributed by atoms with van der Waals surface area (Å²) >= 11 is 0. The van der Waals surface area contributed by atoms with Crippen molar-refractivity contribution in [3.05, 3.63) is 0 Å². The van der Waals surface area contributed by atoms with Crippen molar-refractivity contribution >= 4 is 13.7 Å². The first-order valence-electron chi connectivity index (χ1n) is 2.54.